The van der Waals surface area contributed by atoms with E-state index in [-0.39, 0.29) is 5.41 Å². The second-order valence-electron chi connectivity index (χ2n) is 5.24. The van der Waals surface area contributed by atoms with Crippen LogP contribution in [-0.2, 0) is 0 Å². The van der Waals surface area contributed by atoms with E-state index in [1.54, 1.807) is 0 Å². The fourth-order valence-electron chi connectivity index (χ4n) is 2.47. The summed E-state index contributed by atoms with van der Waals surface area (Å²) in [5.74, 6) is 1.66. The van der Waals surface area contributed by atoms with E-state index in [9.17, 15) is 0 Å². The molecule has 0 aliphatic heterocycles. The number of rotatable bonds is 10. The molecule has 0 bridgehead atoms. The molecule has 0 radical (unpaired) electrons. The Bertz CT molecular complexity index is 367. The quantitative estimate of drug-likeness (QED) is 0.658. The van der Waals surface area contributed by atoms with Crippen LogP contribution in [0.1, 0.15) is 46.5 Å². The van der Waals surface area contributed by atoms with Gasteiger partial charge in [0.1, 0.15) is 0 Å². The molecule has 20 heavy (non-hydrogen) atoms. The van der Waals surface area contributed by atoms with Crippen molar-refractivity contribution in [2.24, 2.45) is 11.1 Å². The Balaban J connectivity index is 2.45. The number of para-hydroxylation sites is 2. The molecule has 114 valence electrons. The highest BCUT2D eigenvalue weighted by Gasteiger charge is 2.23. The molecular weight excluding hydrogens is 250 g/mol. The molecule has 1 aromatic rings. The van der Waals surface area contributed by atoms with Gasteiger partial charge in [0.2, 0.25) is 0 Å². The molecule has 0 aliphatic carbocycles. The third-order valence-corrected chi connectivity index (χ3v) is 4.19. The van der Waals surface area contributed by atoms with Gasteiger partial charge < -0.3 is 15.2 Å². The van der Waals surface area contributed by atoms with Gasteiger partial charge in [-0.1, -0.05) is 26.0 Å². The van der Waals surface area contributed by atoms with Crippen LogP contribution in [0.25, 0.3) is 0 Å². The van der Waals surface area contributed by atoms with Crippen LogP contribution in [0.3, 0.4) is 0 Å². The molecule has 0 atom stereocenters. The first kappa shape index (κ1) is 16.8. The van der Waals surface area contributed by atoms with Gasteiger partial charge in [0.25, 0.3) is 0 Å². The Morgan fingerprint density at radius 2 is 1.60 bits per heavy atom. The van der Waals surface area contributed by atoms with E-state index in [0.717, 1.165) is 43.7 Å². The van der Waals surface area contributed by atoms with Gasteiger partial charge in [0.05, 0.1) is 13.2 Å². The van der Waals surface area contributed by atoms with Gasteiger partial charge >= 0.3 is 0 Å². The van der Waals surface area contributed by atoms with Gasteiger partial charge in [-0.25, -0.2) is 0 Å². The summed E-state index contributed by atoms with van der Waals surface area (Å²) in [5.41, 5.74) is 6.21. The summed E-state index contributed by atoms with van der Waals surface area (Å²) in [5, 5.41) is 0. The SMILES string of the molecule is CCOc1ccccc1OCCCC(CC)(CC)CN. The monoisotopic (exact) mass is 279 g/mol. The normalized spacial score (nSPS) is 11.4. The second kappa shape index (κ2) is 8.85. The predicted molar refractivity (Wildman–Crippen MR) is 84.4 cm³/mol. The minimum Gasteiger partial charge on any atom is -0.490 e. The van der Waals surface area contributed by atoms with Gasteiger partial charge in [0, 0.05) is 0 Å². The van der Waals surface area contributed by atoms with E-state index in [1.807, 2.05) is 31.2 Å². The summed E-state index contributed by atoms with van der Waals surface area (Å²) < 4.78 is 11.4. The summed E-state index contributed by atoms with van der Waals surface area (Å²) in [6.45, 7) is 8.56. The van der Waals surface area contributed by atoms with Crippen molar-refractivity contribution in [3.63, 3.8) is 0 Å². The lowest BCUT2D eigenvalue weighted by atomic mass is 9.78. The minimum absolute atomic E-state index is 0.281. The van der Waals surface area contributed by atoms with Gasteiger partial charge in [-0.15, -0.1) is 0 Å². The lowest BCUT2D eigenvalue weighted by Crippen LogP contribution is -2.29. The molecule has 0 spiro atoms. The summed E-state index contributed by atoms with van der Waals surface area (Å²) in [6, 6.07) is 7.84. The summed E-state index contributed by atoms with van der Waals surface area (Å²) in [7, 11) is 0. The highest BCUT2D eigenvalue weighted by Crippen LogP contribution is 2.31. The van der Waals surface area contributed by atoms with Crippen LogP contribution in [0.4, 0.5) is 0 Å². The smallest absolute Gasteiger partial charge is 0.161 e. The zero-order valence-corrected chi connectivity index (χ0v) is 13.2. The lowest BCUT2D eigenvalue weighted by molar-refractivity contribution is 0.209. The van der Waals surface area contributed by atoms with E-state index in [4.69, 9.17) is 15.2 Å². The van der Waals surface area contributed by atoms with Crippen LogP contribution in [0.15, 0.2) is 24.3 Å². The van der Waals surface area contributed by atoms with Crippen molar-refractivity contribution in [2.45, 2.75) is 46.5 Å². The first-order valence-electron chi connectivity index (χ1n) is 7.76. The van der Waals surface area contributed by atoms with E-state index < -0.39 is 0 Å². The van der Waals surface area contributed by atoms with Crippen molar-refractivity contribution in [1.29, 1.82) is 0 Å². The van der Waals surface area contributed by atoms with Crippen molar-refractivity contribution in [2.75, 3.05) is 19.8 Å². The Kier molecular flexibility index (Phi) is 7.45. The van der Waals surface area contributed by atoms with E-state index in [0.29, 0.717) is 13.2 Å². The minimum atomic E-state index is 0.281. The van der Waals surface area contributed by atoms with Gasteiger partial charge in [-0.3, -0.25) is 0 Å². The largest absolute Gasteiger partial charge is 0.490 e. The highest BCUT2D eigenvalue weighted by molar-refractivity contribution is 5.39. The van der Waals surface area contributed by atoms with Crippen LogP contribution < -0.4 is 15.2 Å². The standard InChI is InChI=1S/C17H29NO2/c1-4-17(5-2,14-18)12-9-13-20-16-11-8-7-10-15(16)19-6-3/h7-8,10-11H,4-6,9,12-14,18H2,1-3H3. The number of benzene rings is 1. The average Bonchev–Trinajstić information content (AvgIpc) is 2.50. The van der Waals surface area contributed by atoms with Crippen molar-refractivity contribution >= 4 is 0 Å². The van der Waals surface area contributed by atoms with Crippen molar-refractivity contribution in [3.05, 3.63) is 24.3 Å². The first-order valence-corrected chi connectivity index (χ1v) is 7.76. The fourth-order valence-corrected chi connectivity index (χ4v) is 2.47. The van der Waals surface area contributed by atoms with Crippen LogP contribution in [0.5, 0.6) is 11.5 Å². The molecule has 0 saturated carbocycles. The van der Waals surface area contributed by atoms with Crippen LogP contribution in [-0.4, -0.2) is 19.8 Å². The first-order chi connectivity index (χ1) is 9.71. The van der Waals surface area contributed by atoms with Crippen LogP contribution in [0, 0.1) is 5.41 Å². The van der Waals surface area contributed by atoms with Crippen LogP contribution in [0.2, 0.25) is 0 Å². The molecule has 1 aromatic carbocycles. The molecule has 0 fully saturated rings. The molecular formula is C17H29NO2. The second-order valence-corrected chi connectivity index (χ2v) is 5.24. The van der Waals surface area contributed by atoms with E-state index in [1.165, 1.54) is 0 Å². The Labute approximate surface area is 123 Å². The number of ether oxygens (including phenoxy) is 2. The van der Waals surface area contributed by atoms with Crippen molar-refractivity contribution < 1.29 is 9.47 Å². The maximum Gasteiger partial charge on any atom is 0.161 e. The van der Waals surface area contributed by atoms with Crippen molar-refractivity contribution in [1.82, 2.24) is 0 Å². The molecule has 0 unspecified atom stereocenters. The summed E-state index contributed by atoms with van der Waals surface area (Å²) in [6.07, 6.45) is 4.41. The molecule has 1 rings (SSSR count). The number of hydrogen-bond donors (Lipinski definition) is 1. The summed E-state index contributed by atoms with van der Waals surface area (Å²) >= 11 is 0. The zero-order valence-electron chi connectivity index (χ0n) is 13.2. The maximum atomic E-state index is 5.92. The molecule has 0 saturated heterocycles. The fraction of sp³-hybridized carbons (Fsp3) is 0.647. The lowest BCUT2D eigenvalue weighted by Gasteiger charge is -2.30. The van der Waals surface area contributed by atoms with Gasteiger partial charge in [-0.2, -0.15) is 0 Å². The average molecular weight is 279 g/mol. The Morgan fingerprint density at radius 1 is 1.00 bits per heavy atom. The highest BCUT2D eigenvalue weighted by atomic mass is 16.5. The van der Waals surface area contributed by atoms with Gasteiger partial charge in [-0.05, 0) is 56.7 Å². The summed E-state index contributed by atoms with van der Waals surface area (Å²) in [4.78, 5) is 0. The predicted octanol–water partition coefficient (Wildman–Crippen LogP) is 4.01. The maximum absolute atomic E-state index is 5.92. The molecule has 3 heteroatoms. The van der Waals surface area contributed by atoms with E-state index >= 15 is 0 Å². The Morgan fingerprint density at radius 3 is 2.10 bits per heavy atom. The molecule has 0 amide bonds. The molecule has 3 nitrogen and oxygen atoms in total. The zero-order chi connectivity index (χ0) is 14.8. The topological polar surface area (TPSA) is 44.5 Å². The molecule has 0 aromatic heterocycles. The molecule has 2 N–H and O–H groups in total. The number of hydrogen-bond acceptors (Lipinski definition) is 3. The van der Waals surface area contributed by atoms with Crippen molar-refractivity contribution in [3.8, 4) is 11.5 Å². The third-order valence-electron chi connectivity index (χ3n) is 4.19. The number of nitrogens with two attached hydrogens (primary N) is 1. The molecule has 0 heterocycles. The Hall–Kier alpha value is -1.22. The third kappa shape index (κ3) is 4.71. The van der Waals surface area contributed by atoms with Gasteiger partial charge in [0.15, 0.2) is 11.5 Å². The van der Waals surface area contributed by atoms with E-state index in [2.05, 4.69) is 13.8 Å². The van der Waals surface area contributed by atoms with Crippen LogP contribution >= 0.6 is 0 Å². The molecule has 0 aliphatic rings.